The van der Waals surface area contributed by atoms with Crippen molar-refractivity contribution in [1.29, 1.82) is 0 Å². The van der Waals surface area contributed by atoms with Crippen molar-refractivity contribution in [3.63, 3.8) is 0 Å². The molecule has 6 heteroatoms. The van der Waals surface area contributed by atoms with Crippen LogP contribution in [-0.2, 0) is 6.61 Å². The van der Waals surface area contributed by atoms with Crippen molar-refractivity contribution in [2.45, 2.75) is 6.61 Å². The molecule has 0 bridgehead atoms. The number of anilines is 1. The van der Waals surface area contributed by atoms with Gasteiger partial charge in [-0.05, 0) is 53.6 Å². The van der Waals surface area contributed by atoms with E-state index in [0.717, 1.165) is 5.56 Å². The topological polar surface area (TPSA) is 61.5 Å². The zero-order valence-electron chi connectivity index (χ0n) is 15.7. The molecule has 0 atom stereocenters. The molecule has 3 rings (SSSR count). The monoisotopic (exact) mass is 427 g/mol. The van der Waals surface area contributed by atoms with Crippen LogP contribution >= 0.6 is 23.2 Å². The summed E-state index contributed by atoms with van der Waals surface area (Å²) in [5.74, 6) is 0.734. The van der Waals surface area contributed by atoms with E-state index in [9.17, 15) is 4.79 Å². The second-order valence-electron chi connectivity index (χ2n) is 6.28. The number of ether oxygens (including phenoxy) is 2. The van der Waals surface area contributed by atoms with Crippen molar-refractivity contribution in [1.82, 2.24) is 0 Å². The van der Waals surface area contributed by atoms with Gasteiger partial charge in [0.1, 0.15) is 6.61 Å². The Kier molecular flexibility index (Phi) is 6.81. The van der Waals surface area contributed by atoms with Crippen LogP contribution in [0.2, 0.25) is 10.0 Å². The van der Waals surface area contributed by atoms with E-state index in [1.807, 2.05) is 18.2 Å². The van der Waals surface area contributed by atoms with Gasteiger partial charge in [0.2, 0.25) is 0 Å². The molecule has 0 heterocycles. The largest absolute Gasteiger partial charge is 0.493 e. The summed E-state index contributed by atoms with van der Waals surface area (Å²) < 4.78 is 11.3. The van der Waals surface area contributed by atoms with E-state index >= 15 is 0 Å². The van der Waals surface area contributed by atoms with Crippen LogP contribution in [-0.4, -0.2) is 12.9 Å². The molecule has 0 saturated carbocycles. The highest BCUT2D eigenvalue weighted by molar-refractivity contribution is 6.32. The lowest BCUT2D eigenvalue weighted by atomic mass is 10.1. The number of benzene rings is 3. The first kappa shape index (κ1) is 20.8. The predicted molar refractivity (Wildman–Crippen MR) is 118 cm³/mol. The van der Waals surface area contributed by atoms with E-state index in [4.69, 9.17) is 38.4 Å². The van der Waals surface area contributed by atoms with Crippen LogP contribution in [0.15, 0.2) is 66.7 Å². The van der Waals surface area contributed by atoms with Gasteiger partial charge in [0.05, 0.1) is 12.1 Å². The number of hydrogen-bond acceptors (Lipinski definition) is 4. The second-order valence-corrected chi connectivity index (χ2v) is 7.12. The average Bonchev–Trinajstić information content (AvgIpc) is 2.70. The molecule has 4 nitrogen and oxygen atoms in total. The normalized spacial score (nSPS) is 10.9. The van der Waals surface area contributed by atoms with Gasteiger partial charge in [-0.3, -0.25) is 4.79 Å². The Morgan fingerprint density at radius 3 is 2.59 bits per heavy atom. The van der Waals surface area contributed by atoms with Gasteiger partial charge in [0.15, 0.2) is 17.3 Å². The van der Waals surface area contributed by atoms with Gasteiger partial charge in [0.25, 0.3) is 0 Å². The Morgan fingerprint density at radius 2 is 1.86 bits per heavy atom. The summed E-state index contributed by atoms with van der Waals surface area (Å²) in [5, 5.41) is 1.01. The number of nitrogens with two attached hydrogens (primary N) is 1. The van der Waals surface area contributed by atoms with Crippen LogP contribution in [0.3, 0.4) is 0 Å². The molecule has 2 N–H and O–H groups in total. The number of carbonyl (C=O) groups is 1. The first-order chi connectivity index (χ1) is 14.0. The highest BCUT2D eigenvalue weighted by Crippen LogP contribution is 2.37. The Morgan fingerprint density at radius 1 is 1.07 bits per heavy atom. The van der Waals surface area contributed by atoms with E-state index in [2.05, 4.69) is 0 Å². The zero-order valence-corrected chi connectivity index (χ0v) is 17.2. The summed E-state index contributed by atoms with van der Waals surface area (Å²) in [4.78, 5) is 12.3. The van der Waals surface area contributed by atoms with Gasteiger partial charge < -0.3 is 15.2 Å². The zero-order chi connectivity index (χ0) is 20.8. The van der Waals surface area contributed by atoms with Gasteiger partial charge in [-0.2, -0.15) is 0 Å². The van der Waals surface area contributed by atoms with Crippen molar-refractivity contribution in [3.05, 3.63) is 93.5 Å². The lowest BCUT2D eigenvalue weighted by Crippen LogP contribution is -1.99. The van der Waals surface area contributed by atoms with Crippen LogP contribution in [0, 0.1) is 0 Å². The van der Waals surface area contributed by atoms with Gasteiger partial charge in [-0.25, -0.2) is 0 Å². The quantitative estimate of drug-likeness (QED) is 0.282. The molecule has 0 saturated heterocycles. The van der Waals surface area contributed by atoms with Crippen LogP contribution in [0.25, 0.3) is 6.08 Å². The predicted octanol–water partition coefficient (Wildman–Crippen LogP) is 6.06. The lowest BCUT2D eigenvalue weighted by Gasteiger charge is -2.13. The minimum atomic E-state index is -0.159. The summed E-state index contributed by atoms with van der Waals surface area (Å²) in [6.45, 7) is 0.291. The Bertz CT molecular complexity index is 1060. The van der Waals surface area contributed by atoms with Crippen LogP contribution in [0.4, 0.5) is 5.69 Å². The molecule has 0 aliphatic carbocycles. The highest BCUT2D eigenvalue weighted by atomic mass is 35.5. The maximum atomic E-state index is 12.3. The van der Waals surface area contributed by atoms with Crippen molar-refractivity contribution in [2.24, 2.45) is 0 Å². The van der Waals surface area contributed by atoms with E-state index in [1.54, 1.807) is 48.5 Å². The fourth-order valence-corrected chi connectivity index (χ4v) is 3.20. The number of carbonyl (C=O) groups excluding carboxylic acids is 1. The average molecular weight is 428 g/mol. The Hall–Kier alpha value is -2.95. The molecule has 0 aliphatic heterocycles. The van der Waals surface area contributed by atoms with Crippen molar-refractivity contribution in [3.8, 4) is 11.5 Å². The maximum absolute atomic E-state index is 12.3. The molecule has 148 valence electrons. The fraction of sp³-hybridized carbons (Fsp3) is 0.0870. The van der Waals surface area contributed by atoms with Gasteiger partial charge in [0, 0.05) is 16.3 Å². The molecule has 3 aromatic rings. The van der Waals surface area contributed by atoms with E-state index in [-0.39, 0.29) is 5.78 Å². The third kappa shape index (κ3) is 5.53. The summed E-state index contributed by atoms with van der Waals surface area (Å²) in [5.41, 5.74) is 8.39. The van der Waals surface area contributed by atoms with Gasteiger partial charge in [-0.1, -0.05) is 53.5 Å². The number of halogens is 2. The van der Waals surface area contributed by atoms with Crippen molar-refractivity contribution >= 4 is 40.7 Å². The second kappa shape index (κ2) is 9.50. The van der Waals surface area contributed by atoms with Crippen LogP contribution < -0.4 is 15.2 Å². The SMILES string of the molecule is COc1cc(C=CC(=O)c2cccc(N)c2)cc(Cl)c1OCc1cccc(Cl)c1. The number of hydrogen-bond donors (Lipinski definition) is 1. The minimum Gasteiger partial charge on any atom is -0.493 e. The lowest BCUT2D eigenvalue weighted by molar-refractivity contribution is 0.104. The van der Waals surface area contributed by atoms with Gasteiger partial charge >= 0.3 is 0 Å². The molecule has 3 aromatic carbocycles. The smallest absolute Gasteiger partial charge is 0.185 e. The summed E-state index contributed by atoms with van der Waals surface area (Å²) in [7, 11) is 1.53. The maximum Gasteiger partial charge on any atom is 0.185 e. The number of ketones is 1. The molecular formula is C23H19Cl2NO3. The highest BCUT2D eigenvalue weighted by Gasteiger charge is 2.12. The number of rotatable bonds is 7. The Labute approximate surface area is 179 Å². The summed E-state index contributed by atoms with van der Waals surface area (Å²) >= 11 is 12.4. The molecule has 29 heavy (non-hydrogen) atoms. The van der Waals surface area contributed by atoms with E-state index in [0.29, 0.717) is 45.0 Å². The van der Waals surface area contributed by atoms with Crippen molar-refractivity contribution < 1.29 is 14.3 Å². The molecule has 0 radical (unpaired) electrons. The Balaban J connectivity index is 1.78. The number of nitrogen functional groups attached to an aromatic ring is 1. The minimum absolute atomic E-state index is 0.159. The number of methoxy groups -OCH3 is 1. The first-order valence-electron chi connectivity index (χ1n) is 8.79. The molecular weight excluding hydrogens is 409 g/mol. The van der Waals surface area contributed by atoms with E-state index in [1.165, 1.54) is 13.2 Å². The molecule has 0 spiro atoms. The summed E-state index contributed by atoms with van der Waals surface area (Å²) in [6.07, 6.45) is 3.13. The molecule has 0 aliphatic rings. The standard InChI is InChI=1S/C23H19Cl2NO3/c1-28-22-12-15(8-9-21(27)17-5-3-7-19(26)13-17)11-20(25)23(22)29-14-16-4-2-6-18(24)10-16/h2-13H,14,26H2,1H3. The summed E-state index contributed by atoms with van der Waals surface area (Å²) in [6, 6.07) is 17.6. The fourth-order valence-electron chi connectivity index (χ4n) is 2.72. The van der Waals surface area contributed by atoms with Crippen molar-refractivity contribution in [2.75, 3.05) is 12.8 Å². The van der Waals surface area contributed by atoms with Gasteiger partial charge in [-0.15, -0.1) is 0 Å². The molecule has 0 amide bonds. The number of allylic oxidation sites excluding steroid dienone is 1. The molecule has 0 unspecified atom stereocenters. The molecule has 0 aromatic heterocycles. The van der Waals surface area contributed by atoms with Crippen LogP contribution in [0.5, 0.6) is 11.5 Å². The third-order valence-electron chi connectivity index (χ3n) is 4.12. The van der Waals surface area contributed by atoms with Crippen LogP contribution in [0.1, 0.15) is 21.5 Å². The third-order valence-corrected chi connectivity index (χ3v) is 4.64. The van der Waals surface area contributed by atoms with E-state index < -0.39 is 0 Å². The first-order valence-corrected chi connectivity index (χ1v) is 9.54. The molecule has 0 fully saturated rings.